The zero-order chi connectivity index (χ0) is 20.7. The quantitative estimate of drug-likeness (QED) is 0.776. The lowest BCUT2D eigenvalue weighted by atomic mass is 9.87. The van der Waals surface area contributed by atoms with Crippen molar-refractivity contribution in [2.75, 3.05) is 13.7 Å². The number of methoxy groups -OCH3 is 1. The number of rotatable bonds is 6. The fraction of sp³-hybridized carbons (Fsp3) is 0.318. The molecular weight excluding hydrogens is 358 g/mol. The molecule has 0 radical (unpaired) electrons. The molecule has 1 N–H and O–H groups in total. The van der Waals surface area contributed by atoms with Gasteiger partial charge in [-0.05, 0) is 40.8 Å². The molecule has 2 rings (SSSR count). The van der Waals surface area contributed by atoms with Crippen LogP contribution in [0.15, 0.2) is 48.5 Å². The molecule has 0 aliphatic carbocycles. The van der Waals surface area contributed by atoms with Crippen LogP contribution >= 0.6 is 0 Å². The van der Waals surface area contributed by atoms with Gasteiger partial charge in [-0.2, -0.15) is 0 Å². The van der Waals surface area contributed by atoms with Crippen LogP contribution in [0.3, 0.4) is 0 Å². The first-order chi connectivity index (χ1) is 13.2. The van der Waals surface area contributed by atoms with Crippen molar-refractivity contribution >= 4 is 17.8 Å². The Morgan fingerprint density at radius 3 is 2.29 bits per heavy atom. The van der Waals surface area contributed by atoms with E-state index in [1.807, 2.05) is 12.1 Å². The molecule has 148 valence electrons. The van der Waals surface area contributed by atoms with E-state index in [9.17, 15) is 14.4 Å². The summed E-state index contributed by atoms with van der Waals surface area (Å²) in [5.74, 6) is -1.14. The molecule has 6 heteroatoms. The van der Waals surface area contributed by atoms with Crippen LogP contribution in [0, 0.1) is 0 Å². The Morgan fingerprint density at radius 1 is 1.00 bits per heavy atom. The summed E-state index contributed by atoms with van der Waals surface area (Å²) >= 11 is 0. The normalized spacial score (nSPS) is 10.9. The molecule has 0 spiro atoms. The zero-order valence-electron chi connectivity index (χ0n) is 16.6. The number of imide groups is 1. The fourth-order valence-corrected chi connectivity index (χ4v) is 2.50. The van der Waals surface area contributed by atoms with Crippen molar-refractivity contribution in [2.24, 2.45) is 0 Å². The average molecular weight is 383 g/mol. The summed E-state index contributed by atoms with van der Waals surface area (Å²) in [5.41, 5.74) is 2.13. The average Bonchev–Trinajstić information content (AvgIpc) is 2.66. The summed E-state index contributed by atoms with van der Waals surface area (Å²) in [7, 11) is 1.54. The third-order valence-corrected chi connectivity index (χ3v) is 4.11. The van der Waals surface area contributed by atoms with Crippen LogP contribution in [-0.4, -0.2) is 31.5 Å². The second-order valence-corrected chi connectivity index (χ2v) is 7.39. The predicted molar refractivity (Wildman–Crippen MR) is 105 cm³/mol. The highest BCUT2D eigenvalue weighted by atomic mass is 16.5. The predicted octanol–water partition coefficient (Wildman–Crippen LogP) is 3.04. The molecule has 0 aliphatic rings. The third-order valence-electron chi connectivity index (χ3n) is 4.11. The van der Waals surface area contributed by atoms with Crippen molar-refractivity contribution in [3.8, 4) is 5.75 Å². The summed E-state index contributed by atoms with van der Waals surface area (Å²) in [4.78, 5) is 35.9. The lowest BCUT2D eigenvalue weighted by molar-refractivity contribution is -0.147. The van der Waals surface area contributed by atoms with Gasteiger partial charge in [-0.3, -0.25) is 19.7 Å². The van der Waals surface area contributed by atoms with Crippen molar-refractivity contribution in [3.63, 3.8) is 0 Å². The maximum Gasteiger partial charge on any atom is 0.310 e. The van der Waals surface area contributed by atoms with E-state index >= 15 is 0 Å². The second kappa shape index (κ2) is 9.17. The highest BCUT2D eigenvalue weighted by Gasteiger charge is 2.16. The van der Waals surface area contributed by atoms with Gasteiger partial charge in [0, 0.05) is 5.56 Å². The number of carbonyl (C=O) groups is 3. The highest BCUT2D eigenvalue weighted by Crippen LogP contribution is 2.22. The van der Waals surface area contributed by atoms with Gasteiger partial charge in [-0.15, -0.1) is 0 Å². The standard InChI is InChI=1S/C22H25NO5/c1-22(2,3)17-10-8-16(9-11-17)21(26)23-19(24)14-28-20(25)13-15-6-5-7-18(12-15)27-4/h5-12H,13-14H2,1-4H3,(H,23,24,26). The zero-order valence-corrected chi connectivity index (χ0v) is 16.6. The number of benzene rings is 2. The molecule has 2 aromatic rings. The monoisotopic (exact) mass is 383 g/mol. The molecule has 0 aliphatic heterocycles. The highest BCUT2D eigenvalue weighted by molar-refractivity contribution is 6.05. The Bertz CT molecular complexity index is 850. The maximum absolute atomic E-state index is 12.1. The van der Waals surface area contributed by atoms with Gasteiger partial charge in [0.1, 0.15) is 5.75 Å². The molecule has 2 amide bonds. The summed E-state index contributed by atoms with van der Waals surface area (Å²) in [6, 6.07) is 14.0. The van der Waals surface area contributed by atoms with Gasteiger partial charge in [0.05, 0.1) is 13.5 Å². The Morgan fingerprint density at radius 2 is 1.68 bits per heavy atom. The van der Waals surface area contributed by atoms with E-state index in [-0.39, 0.29) is 11.8 Å². The Kier molecular flexibility index (Phi) is 6.93. The van der Waals surface area contributed by atoms with E-state index in [1.165, 1.54) is 7.11 Å². The number of hydrogen-bond acceptors (Lipinski definition) is 5. The lowest BCUT2D eigenvalue weighted by Crippen LogP contribution is -2.34. The van der Waals surface area contributed by atoms with E-state index in [2.05, 4.69) is 26.1 Å². The number of carbonyl (C=O) groups excluding carboxylic acids is 3. The number of esters is 1. The molecular formula is C22H25NO5. The molecule has 6 nitrogen and oxygen atoms in total. The third kappa shape index (κ3) is 6.23. The van der Waals surface area contributed by atoms with Crippen LogP contribution in [-0.2, 0) is 26.2 Å². The molecule has 0 aromatic heterocycles. The fourth-order valence-electron chi connectivity index (χ4n) is 2.50. The number of ether oxygens (including phenoxy) is 2. The smallest absolute Gasteiger partial charge is 0.310 e. The van der Waals surface area contributed by atoms with Gasteiger partial charge >= 0.3 is 5.97 Å². The van der Waals surface area contributed by atoms with Crippen molar-refractivity contribution < 1.29 is 23.9 Å². The van der Waals surface area contributed by atoms with E-state index in [1.54, 1.807) is 36.4 Å². The number of hydrogen-bond donors (Lipinski definition) is 1. The second-order valence-electron chi connectivity index (χ2n) is 7.39. The molecule has 0 fully saturated rings. The van der Waals surface area contributed by atoms with Crippen molar-refractivity contribution in [1.29, 1.82) is 0 Å². The van der Waals surface area contributed by atoms with Gasteiger partial charge in [0.2, 0.25) is 0 Å². The first kappa shape index (κ1) is 21.2. The largest absolute Gasteiger partial charge is 0.497 e. The van der Waals surface area contributed by atoms with Crippen molar-refractivity contribution in [1.82, 2.24) is 5.32 Å². The van der Waals surface area contributed by atoms with Crippen molar-refractivity contribution in [3.05, 3.63) is 65.2 Å². The van der Waals surface area contributed by atoms with Gasteiger partial charge in [-0.1, -0.05) is 45.0 Å². The van der Waals surface area contributed by atoms with E-state index in [4.69, 9.17) is 9.47 Å². The van der Waals surface area contributed by atoms with Crippen LogP contribution in [0.5, 0.6) is 5.75 Å². The lowest BCUT2D eigenvalue weighted by Gasteiger charge is -2.18. The van der Waals surface area contributed by atoms with E-state index in [0.717, 1.165) is 5.56 Å². The minimum absolute atomic E-state index is 0.00664. The minimum atomic E-state index is -0.677. The molecule has 28 heavy (non-hydrogen) atoms. The summed E-state index contributed by atoms with van der Waals surface area (Å²) in [6.07, 6.45) is 0.00664. The van der Waals surface area contributed by atoms with Crippen LogP contribution < -0.4 is 10.1 Å². The summed E-state index contributed by atoms with van der Waals surface area (Å²) in [6.45, 7) is 5.71. The Hall–Kier alpha value is -3.15. The molecule has 0 heterocycles. The molecule has 0 saturated heterocycles. The van der Waals surface area contributed by atoms with Gasteiger partial charge in [0.25, 0.3) is 11.8 Å². The Labute approximate surface area is 164 Å². The minimum Gasteiger partial charge on any atom is -0.497 e. The number of amides is 2. The summed E-state index contributed by atoms with van der Waals surface area (Å²) < 4.78 is 10.0. The number of nitrogens with one attached hydrogen (secondary N) is 1. The molecule has 0 unspecified atom stereocenters. The first-order valence-corrected chi connectivity index (χ1v) is 8.92. The Balaban J connectivity index is 1.82. The van der Waals surface area contributed by atoms with Crippen LogP contribution in [0.4, 0.5) is 0 Å². The molecule has 0 bridgehead atoms. The first-order valence-electron chi connectivity index (χ1n) is 8.92. The van der Waals surface area contributed by atoms with Crippen LogP contribution in [0.25, 0.3) is 0 Å². The maximum atomic E-state index is 12.1. The van der Waals surface area contributed by atoms with Crippen LogP contribution in [0.2, 0.25) is 0 Å². The molecule has 2 aromatic carbocycles. The van der Waals surface area contributed by atoms with E-state index in [0.29, 0.717) is 16.9 Å². The SMILES string of the molecule is COc1cccc(CC(=O)OCC(=O)NC(=O)c2ccc(C(C)(C)C)cc2)c1. The summed E-state index contributed by atoms with van der Waals surface area (Å²) in [5, 5.41) is 2.22. The van der Waals surface area contributed by atoms with Gasteiger partial charge < -0.3 is 9.47 Å². The topological polar surface area (TPSA) is 81.7 Å². The molecule has 0 atom stereocenters. The van der Waals surface area contributed by atoms with Crippen molar-refractivity contribution in [2.45, 2.75) is 32.6 Å². The molecule has 0 saturated carbocycles. The van der Waals surface area contributed by atoms with Gasteiger partial charge in [-0.25, -0.2) is 0 Å². The van der Waals surface area contributed by atoms with E-state index < -0.39 is 24.4 Å². The van der Waals surface area contributed by atoms with Gasteiger partial charge in [0.15, 0.2) is 6.61 Å². The van der Waals surface area contributed by atoms with Crippen LogP contribution in [0.1, 0.15) is 42.3 Å².